The zero-order valence-electron chi connectivity index (χ0n) is 8.74. The van der Waals surface area contributed by atoms with E-state index in [0.717, 1.165) is 0 Å². The van der Waals surface area contributed by atoms with Gasteiger partial charge in [-0.2, -0.15) is 0 Å². The fraction of sp³-hybridized carbons (Fsp3) is 0.273. The van der Waals surface area contributed by atoms with Gasteiger partial charge in [0.25, 0.3) is 0 Å². The predicted molar refractivity (Wildman–Crippen MR) is 55.0 cm³/mol. The molecule has 0 fully saturated rings. The Kier molecular flexibility index (Phi) is 3.99. The molecule has 2 N–H and O–H groups in total. The molecular formula is C11H12FNO3. The van der Waals surface area contributed by atoms with E-state index in [9.17, 15) is 14.0 Å². The molecule has 1 atom stereocenters. The van der Waals surface area contributed by atoms with Crippen molar-refractivity contribution in [1.29, 1.82) is 0 Å². The molecule has 0 bridgehead atoms. The number of hydrogen-bond acceptors (Lipinski definition) is 2. The number of nitrogens with one attached hydrogen (secondary N) is 1. The maximum atomic E-state index is 12.6. The molecule has 1 rings (SSSR count). The van der Waals surface area contributed by atoms with Crippen molar-refractivity contribution in [3.8, 4) is 0 Å². The van der Waals surface area contributed by atoms with Crippen LogP contribution in [-0.4, -0.2) is 17.0 Å². The van der Waals surface area contributed by atoms with E-state index >= 15 is 0 Å². The summed E-state index contributed by atoms with van der Waals surface area (Å²) in [5.41, 5.74) is 0.715. The van der Waals surface area contributed by atoms with Crippen molar-refractivity contribution in [3.63, 3.8) is 0 Å². The molecule has 5 heteroatoms. The summed E-state index contributed by atoms with van der Waals surface area (Å²) in [7, 11) is 0. The minimum Gasteiger partial charge on any atom is -0.481 e. The van der Waals surface area contributed by atoms with Crippen LogP contribution in [0.4, 0.5) is 4.39 Å². The summed E-state index contributed by atoms with van der Waals surface area (Å²) in [5.74, 6) is -3.16. The van der Waals surface area contributed by atoms with Crippen LogP contribution in [0.1, 0.15) is 12.5 Å². The zero-order chi connectivity index (χ0) is 12.1. The van der Waals surface area contributed by atoms with Crippen molar-refractivity contribution < 1.29 is 19.1 Å². The van der Waals surface area contributed by atoms with Gasteiger partial charge in [0.15, 0.2) is 0 Å². The fourth-order valence-electron chi connectivity index (χ4n) is 1.06. The number of hydrogen-bond donors (Lipinski definition) is 2. The topological polar surface area (TPSA) is 66.4 Å². The van der Waals surface area contributed by atoms with Gasteiger partial charge in [-0.15, -0.1) is 0 Å². The van der Waals surface area contributed by atoms with Gasteiger partial charge < -0.3 is 10.4 Å². The first-order valence-electron chi connectivity index (χ1n) is 4.75. The van der Waals surface area contributed by atoms with E-state index in [1.54, 1.807) is 0 Å². The smallest absolute Gasteiger partial charge is 0.315 e. The molecule has 4 nitrogen and oxygen atoms in total. The lowest BCUT2D eigenvalue weighted by Gasteiger charge is -2.08. The number of aliphatic carboxylic acids is 1. The van der Waals surface area contributed by atoms with E-state index in [1.165, 1.54) is 31.2 Å². The summed E-state index contributed by atoms with van der Waals surface area (Å²) in [6.45, 7) is 1.50. The van der Waals surface area contributed by atoms with Gasteiger partial charge in [-0.1, -0.05) is 12.1 Å². The van der Waals surface area contributed by atoms with Crippen LogP contribution in [0.5, 0.6) is 0 Å². The lowest BCUT2D eigenvalue weighted by Crippen LogP contribution is -2.33. The van der Waals surface area contributed by atoms with Gasteiger partial charge in [0.2, 0.25) is 5.91 Å². The second kappa shape index (κ2) is 5.25. The maximum Gasteiger partial charge on any atom is 0.315 e. The average molecular weight is 225 g/mol. The molecule has 1 unspecified atom stereocenters. The summed E-state index contributed by atoms with van der Waals surface area (Å²) in [6.07, 6.45) is 0. The highest BCUT2D eigenvalue weighted by molar-refractivity contribution is 5.96. The largest absolute Gasteiger partial charge is 0.481 e. The van der Waals surface area contributed by atoms with Crippen molar-refractivity contribution in [1.82, 2.24) is 5.32 Å². The molecule has 0 aliphatic heterocycles. The number of carbonyl (C=O) groups excluding carboxylic acids is 1. The van der Waals surface area contributed by atoms with Crippen LogP contribution in [-0.2, 0) is 16.1 Å². The molecule has 0 saturated heterocycles. The second-order valence-electron chi connectivity index (χ2n) is 3.40. The van der Waals surface area contributed by atoms with E-state index < -0.39 is 17.8 Å². The number of halogens is 1. The number of amides is 1. The van der Waals surface area contributed by atoms with E-state index in [2.05, 4.69) is 5.32 Å². The highest BCUT2D eigenvalue weighted by Gasteiger charge is 2.19. The third-order valence-corrected chi connectivity index (χ3v) is 2.14. The van der Waals surface area contributed by atoms with Gasteiger partial charge in [-0.3, -0.25) is 9.59 Å². The van der Waals surface area contributed by atoms with Crippen LogP contribution >= 0.6 is 0 Å². The van der Waals surface area contributed by atoms with Gasteiger partial charge in [0.1, 0.15) is 11.7 Å². The van der Waals surface area contributed by atoms with Crippen LogP contribution in [0.3, 0.4) is 0 Å². The van der Waals surface area contributed by atoms with E-state index in [0.29, 0.717) is 5.56 Å². The van der Waals surface area contributed by atoms with Crippen LogP contribution in [0.15, 0.2) is 24.3 Å². The monoisotopic (exact) mass is 225 g/mol. The summed E-state index contributed by atoms with van der Waals surface area (Å²) >= 11 is 0. The first-order chi connectivity index (χ1) is 7.50. The lowest BCUT2D eigenvalue weighted by molar-refractivity contribution is -0.146. The van der Waals surface area contributed by atoms with Gasteiger partial charge in [0.05, 0.1) is 0 Å². The Labute approximate surface area is 92.1 Å². The molecule has 0 aromatic heterocycles. The summed E-state index contributed by atoms with van der Waals surface area (Å²) in [5, 5.41) is 11.0. The van der Waals surface area contributed by atoms with Crippen LogP contribution < -0.4 is 5.32 Å². The molecular weight excluding hydrogens is 213 g/mol. The minimum absolute atomic E-state index is 0.191. The average Bonchev–Trinajstić information content (AvgIpc) is 2.26. The Morgan fingerprint density at radius 1 is 1.38 bits per heavy atom. The highest BCUT2D eigenvalue weighted by Crippen LogP contribution is 2.03. The SMILES string of the molecule is CC(C(=O)O)C(=O)NCc1ccc(F)cc1. The summed E-state index contributed by atoms with van der Waals surface area (Å²) < 4.78 is 12.6. The van der Waals surface area contributed by atoms with E-state index in [-0.39, 0.29) is 12.4 Å². The molecule has 0 saturated carbocycles. The van der Waals surface area contributed by atoms with E-state index in [4.69, 9.17) is 5.11 Å². The maximum absolute atomic E-state index is 12.6. The first kappa shape index (κ1) is 12.2. The molecule has 16 heavy (non-hydrogen) atoms. The normalized spacial score (nSPS) is 11.9. The standard InChI is InChI=1S/C11H12FNO3/c1-7(11(15)16)10(14)13-6-8-2-4-9(12)5-3-8/h2-5,7H,6H2,1H3,(H,13,14)(H,15,16). The number of carboxylic acid groups (broad SMARTS) is 1. The number of carboxylic acids is 1. The van der Waals surface area contributed by atoms with Crippen molar-refractivity contribution in [2.75, 3.05) is 0 Å². The van der Waals surface area contributed by atoms with E-state index in [1.807, 2.05) is 0 Å². The fourth-order valence-corrected chi connectivity index (χ4v) is 1.06. The Balaban J connectivity index is 2.49. The Morgan fingerprint density at radius 2 is 1.94 bits per heavy atom. The molecule has 0 aliphatic rings. The molecule has 0 radical (unpaired) electrons. The molecule has 0 aliphatic carbocycles. The molecule has 1 aromatic rings. The van der Waals surface area contributed by atoms with Crippen molar-refractivity contribution >= 4 is 11.9 Å². The molecule has 1 aromatic carbocycles. The Bertz CT molecular complexity index is 389. The van der Waals surface area contributed by atoms with Crippen molar-refractivity contribution in [2.45, 2.75) is 13.5 Å². The number of rotatable bonds is 4. The van der Waals surface area contributed by atoms with Gasteiger partial charge in [-0.05, 0) is 24.6 Å². The molecule has 1 amide bonds. The number of benzene rings is 1. The van der Waals surface area contributed by atoms with Crippen LogP contribution in [0.25, 0.3) is 0 Å². The third-order valence-electron chi connectivity index (χ3n) is 2.14. The second-order valence-corrected chi connectivity index (χ2v) is 3.40. The molecule has 0 spiro atoms. The Morgan fingerprint density at radius 3 is 2.44 bits per heavy atom. The van der Waals surface area contributed by atoms with Gasteiger partial charge >= 0.3 is 5.97 Å². The Hall–Kier alpha value is -1.91. The van der Waals surface area contributed by atoms with Gasteiger partial charge in [-0.25, -0.2) is 4.39 Å². The summed E-state index contributed by atoms with van der Waals surface area (Å²) in [6, 6.07) is 5.62. The molecule has 0 heterocycles. The van der Waals surface area contributed by atoms with Crippen molar-refractivity contribution in [2.24, 2.45) is 5.92 Å². The third kappa shape index (κ3) is 3.34. The first-order valence-corrected chi connectivity index (χ1v) is 4.75. The van der Waals surface area contributed by atoms with Crippen molar-refractivity contribution in [3.05, 3.63) is 35.6 Å². The van der Waals surface area contributed by atoms with Crippen LogP contribution in [0.2, 0.25) is 0 Å². The highest BCUT2D eigenvalue weighted by atomic mass is 19.1. The van der Waals surface area contributed by atoms with Gasteiger partial charge in [0, 0.05) is 6.54 Å². The zero-order valence-corrected chi connectivity index (χ0v) is 8.74. The summed E-state index contributed by atoms with van der Waals surface area (Å²) in [4.78, 5) is 21.7. The quantitative estimate of drug-likeness (QED) is 0.756. The van der Waals surface area contributed by atoms with Crippen LogP contribution in [0, 0.1) is 11.7 Å². The predicted octanol–water partition coefficient (Wildman–Crippen LogP) is 1.16. The lowest BCUT2D eigenvalue weighted by atomic mass is 10.1. The minimum atomic E-state index is -1.17. The number of carbonyl (C=O) groups is 2. The molecule has 86 valence electrons.